The summed E-state index contributed by atoms with van der Waals surface area (Å²) < 4.78 is 53.8. The number of rotatable bonds is 6. The fourth-order valence-electron chi connectivity index (χ4n) is 2.82. The number of hydrogen-bond donors (Lipinski definition) is 2. The normalized spacial score (nSPS) is 22.6. The number of benzene rings is 1. The molecule has 1 aromatic carbocycles. The molecule has 1 saturated carbocycles. The van der Waals surface area contributed by atoms with Crippen molar-refractivity contribution in [3.05, 3.63) is 24.3 Å². The molecular weight excluding hydrogens is 338 g/mol. The minimum Gasteiger partial charge on any atom is -0.330 e. The Hall–Kier alpha value is -1.00. The van der Waals surface area contributed by atoms with Crippen molar-refractivity contribution in [2.75, 3.05) is 20.6 Å². The van der Waals surface area contributed by atoms with Gasteiger partial charge in [0.1, 0.15) is 9.79 Å². The van der Waals surface area contributed by atoms with Gasteiger partial charge in [0, 0.05) is 20.1 Å². The zero-order chi connectivity index (χ0) is 17.3. The first-order valence-electron chi connectivity index (χ1n) is 7.44. The maximum Gasteiger partial charge on any atom is 0.243 e. The fourth-order valence-corrected chi connectivity index (χ4v) is 5.86. The van der Waals surface area contributed by atoms with Crippen molar-refractivity contribution in [2.24, 2.45) is 11.7 Å². The Kier molecular flexibility index (Phi) is 5.47. The van der Waals surface area contributed by atoms with Gasteiger partial charge in [-0.05, 0) is 37.4 Å². The molecule has 23 heavy (non-hydrogen) atoms. The van der Waals surface area contributed by atoms with Crippen LogP contribution in [0.1, 0.15) is 19.3 Å². The molecule has 3 N–H and O–H groups in total. The molecule has 1 aliphatic rings. The monoisotopic (exact) mass is 361 g/mol. The second-order valence-corrected chi connectivity index (χ2v) is 9.69. The molecule has 0 aromatic heterocycles. The van der Waals surface area contributed by atoms with Crippen molar-refractivity contribution in [3.63, 3.8) is 0 Å². The Bertz CT molecular complexity index is 760. The van der Waals surface area contributed by atoms with Gasteiger partial charge in [-0.1, -0.05) is 18.6 Å². The highest BCUT2D eigenvalue weighted by Crippen LogP contribution is 2.28. The predicted molar refractivity (Wildman–Crippen MR) is 87.8 cm³/mol. The Morgan fingerprint density at radius 2 is 1.74 bits per heavy atom. The molecular formula is C14H23N3O4S2. The van der Waals surface area contributed by atoms with Crippen LogP contribution in [-0.2, 0) is 20.0 Å². The van der Waals surface area contributed by atoms with Crippen LogP contribution < -0.4 is 10.5 Å². The molecule has 0 radical (unpaired) electrons. The van der Waals surface area contributed by atoms with Crippen LogP contribution in [0.2, 0.25) is 0 Å². The first-order valence-corrected chi connectivity index (χ1v) is 10.4. The van der Waals surface area contributed by atoms with Gasteiger partial charge >= 0.3 is 0 Å². The maximum atomic E-state index is 12.7. The van der Waals surface area contributed by atoms with Gasteiger partial charge in [0.2, 0.25) is 20.0 Å². The van der Waals surface area contributed by atoms with E-state index in [1.807, 2.05) is 0 Å². The topological polar surface area (TPSA) is 110 Å². The van der Waals surface area contributed by atoms with Crippen molar-refractivity contribution in [1.29, 1.82) is 0 Å². The summed E-state index contributed by atoms with van der Waals surface area (Å²) >= 11 is 0. The zero-order valence-electron chi connectivity index (χ0n) is 13.3. The van der Waals surface area contributed by atoms with Crippen molar-refractivity contribution >= 4 is 20.0 Å². The van der Waals surface area contributed by atoms with Gasteiger partial charge < -0.3 is 5.73 Å². The molecule has 7 nitrogen and oxygen atoms in total. The quantitative estimate of drug-likeness (QED) is 0.759. The molecule has 0 aliphatic heterocycles. The SMILES string of the molecule is CN(C)S(=O)(=O)c1ccccc1S(=O)(=O)NC1CCCC1CN. The van der Waals surface area contributed by atoms with E-state index in [2.05, 4.69) is 4.72 Å². The molecule has 1 aliphatic carbocycles. The first-order chi connectivity index (χ1) is 10.7. The predicted octanol–water partition coefficient (Wildman–Crippen LogP) is 0.343. The highest BCUT2D eigenvalue weighted by molar-refractivity contribution is 7.92. The van der Waals surface area contributed by atoms with Gasteiger partial charge in [-0.25, -0.2) is 25.9 Å². The molecule has 0 spiro atoms. The molecule has 1 aromatic rings. The molecule has 2 atom stereocenters. The van der Waals surface area contributed by atoms with Crippen LogP contribution in [0.4, 0.5) is 0 Å². The lowest BCUT2D eigenvalue weighted by Gasteiger charge is -2.21. The molecule has 0 saturated heterocycles. The summed E-state index contributed by atoms with van der Waals surface area (Å²) in [6.45, 7) is 0.408. The van der Waals surface area contributed by atoms with Crippen molar-refractivity contribution in [2.45, 2.75) is 35.1 Å². The van der Waals surface area contributed by atoms with Crippen molar-refractivity contribution < 1.29 is 16.8 Å². The van der Waals surface area contributed by atoms with Gasteiger partial charge in [-0.2, -0.15) is 0 Å². The Morgan fingerprint density at radius 1 is 1.13 bits per heavy atom. The van der Waals surface area contributed by atoms with E-state index in [0.717, 1.165) is 17.1 Å². The van der Waals surface area contributed by atoms with Gasteiger partial charge in [0.15, 0.2) is 0 Å². The number of hydrogen-bond acceptors (Lipinski definition) is 5. The summed E-state index contributed by atoms with van der Waals surface area (Å²) in [5.41, 5.74) is 5.68. The average molecular weight is 361 g/mol. The summed E-state index contributed by atoms with van der Waals surface area (Å²) in [5, 5.41) is 0. The molecule has 2 unspecified atom stereocenters. The van der Waals surface area contributed by atoms with Gasteiger partial charge in [0.05, 0.1) is 0 Å². The lowest BCUT2D eigenvalue weighted by atomic mass is 10.1. The third-order valence-electron chi connectivity index (χ3n) is 4.17. The van der Waals surface area contributed by atoms with E-state index < -0.39 is 20.0 Å². The summed E-state index contributed by atoms with van der Waals surface area (Å²) in [7, 11) is -5.06. The Balaban J connectivity index is 2.42. The molecule has 9 heteroatoms. The number of nitrogens with zero attached hydrogens (tertiary/aromatic N) is 1. The second kappa shape index (κ2) is 6.86. The molecule has 0 bridgehead atoms. The van der Waals surface area contributed by atoms with E-state index in [0.29, 0.717) is 13.0 Å². The van der Waals surface area contributed by atoms with Crippen LogP contribution in [0.5, 0.6) is 0 Å². The van der Waals surface area contributed by atoms with Crippen LogP contribution in [0.25, 0.3) is 0 Å². The van der Waals surface area contributed by atoms with E-state index in [-0.39, 0.29) is 21.8 Å². The highest BCUT2D eigenvalue weighted by Gasteiger charge is 2.33. The summed E-state index contributed by atoms with van der Waals surface area (Å²) in [6.07, 6.45) is 2.50. The van der Waals surface area contributed by atoms with Crippen LogP contribution in [-0.4, -0.2) is 47.8 Å². The minimum absolute atomic E-state index is 0.0855. The summed E-state index contributed by atoms with van der Waals surface area (Å²) in [4.78, 5) is -0.448. The van der Waals surface area contributed by atoms with Crippen molar-refractivity contribution in [3.8, 4) is 0 Å². The highest BCUT2D eigenvalue weighted by atomic mass is 32.2. The van der Waals surface area contributed by atoms with Crippen LogP contribution in [0.3, 0.4) is 0 Å². The van der Waals surface area contributed by atoms with Crippen LogP contribution in [0.15, 0.2) is 34.1 Å². The van der Waals surface area contributed by atoms with Crippen LogP contribution in [0, 0.1) is 5.92 Å². The molecule has 2 rings (SSSR count). The van der Waals surface area contributed by atoms with E-state index in [9.17, 15) is 16.8 Å². The Morgan fingerprint density at radius 3 is 2.30 bits per heavy atom. The minimum atomic E-state index is -3.95. The molecule has 0 amide bonds. The fraction of sp³-hybridized carbons (Fsp3) is 0.571. The largest absolute Gasteiger partial charge is 0.330 e. The third kappa shape index (κ3) is 3.74. The molecule has 130 valence electrons. The van der Waals surface area contributed by atoms with E-state index in [1.165, 1.54) is 38.4 Å². The summed E-state index contributed by atoms with van der Waals surface area (Å²) in [5.74, 6) is 0.0855. The molecule has 1 fully saturated rings. The lowest BCUT2D eigenvalue weighted by molar-refractivity contribution is 0.452. The Labute approximate surface area is 138 Å². The van der Waals surface area contributed by atoms with Crippen LogP contribution >= 0.6 is 0 Å². The van der Waals surface area contributed by atoms with E-state index in [4.69, 9.17) is 5.73 Å². The van der Waals surface area contributed by atoms with Crippen molar-refractivity contribution in [1.82, 2.24) is 9.03 Å². The number of sulfonamides is 2. The zero-order valence-corrected chi connectivity index (χ0v) is 14.9. The maximum absolute atomic E-state index is 12.7. The second-order valence-electron chi connectivity index (χ2n) is 5.89. The number of nitrogens with two attached hydrogens (primary N) is 1. The van der Waals surface area contributed by atoms with Gasteiger partial charge in [0.25, 0.3) is 0 Å². The smallest absolute Gasteiger partial charge is 0.243 e. The van der Waals surface area contributed by atoms with Gasteiger partial charge in [-0.15, -0.1) is 0 Å². The lowest BCUT2D eigenvalue weighted by Crippen LogP contribution is -2.40. The standard InChI is InChI=1S/C14H23N3O4S2/c1-17(2)23(20,21)14-9-4-3-8-13(14)22(18,19)16-12-7-5-6-11(12)10-15/h3-4,8-9,11-12,16H,5-7,10,15H2,1-2H3. The number of nitrogens with one attached hydrogen (secondary N) is 1. The first kappa shape index (κ1) is 18.3. The third-order valence-corrected chi connectivity index (χ3v) is 7.72. The summed E-state index contributed by atoms with van der Waals surface area (Å²) in [6, 6.07) is 5.39. The van der Waals surface area contributed by atoms with E-state index in [1.54, 1.807) is 0 Å². The molecule has 0 heterocycles. The van der Waals surface area contributed by atoms with E-state index >= 15 is 0 Å². The van der Waals surface area contributed by atoms with Gasteiger partial charge in [-0.3, -0.25) is 0 Å². The average Bonchev–Trinajstić information content (AvgIpc) is 2.93.